The Bertz CT molecular complexity index is 770. The molecular formula is C20H24F4N2O4. The summed E-state index contributed by atoms with van der Waals surface area (Å²) in [5, 5.41) is 2.32. The van der Waals surface area contributed by atoms with Crippen LogP contribution in [0.15, 0.2) is 12.1 Å². The Morgan fingerprint density at radius 1 is 1.27 bits per heavy atom. The van der Waals surface area contributed by atoms with E-state index in [4.69, 9.17) is 9.47 Å². The van der Waals surface area contributed by atoms with E-state index in [2.05, 4.69) is 5.32 Å². The standard InChI is InChI=1S/C20H24F4N2O4/c1-12-8-13(26-6-7-29-11-16(26)20(22,23)24)9-15(21)18(12)19(28)25-10-17(27)30-14-4-2-3-5-14/h8-9,14,16H,2-7,10-11H2,1H3,(H,25,28)/t16-/m1/s1. The Hall–Kier alpha value is -2.36. The molecule has 1 saturated heterocycles. The number of benzene rings is 1. The molecule has 1 heterocycles. The number of nitrogens with zero attached hydrogens (tertiary/aromatic N) is 1. The Balaban J connectivity index is 1.69. The predicted octanol–water partition coefficient (Wildman–Crippen LogP) is 3.12. The Morgan fingerprint density at radius 2 is 1.97 bits per heavy atom. The molecule has 1 atom stereocenters. The molecule has 6 nitrogen and oxygen atoms in total. The monoisotopic (exact) mass is 432 g/mol. The summed E-state index contributed by atoms with van der Waals surface area (Å²) < 4.78 is 64.7. The Kier molecular flexibility index (Phi) is 6.84. The second-order valence-corrected chi connectivity index (χ2v) is 7.52. The number of halogens is 4. The molecule has 0 bridgehead atoms. The van der Waals surface area contributed by atoms with Gasteiger partial charge in [0.25, 0.3) is 5.91 Å². The number of hydrogen-bond acceptors (Lipinski definition) is 5. The van der Waals surface area contributed by atoms with Crippen molar-refractivity contribution in [3.8, 4) is 0 Å². The predicted molar refractivity (Wildman–Crippen MR) is 99.8 cm³/mol. The lowest BCUT2D eigenvalue weighted by atomic mass is 10.0. The van der Waals surface area contributed by atoms with Crippen molar-refractivity contribution in [2.45, 2.75) is 50.9 Å². The second kappa shape index (κ2) is 9.20. The summed E-state index contributed by atoms with van der Waals surface area (Å²) in [6, 6.07) is 0.344. The summed E-state index contributed by atoms with van der Waals surface area (Å²) in [6.07, 6.45) is -1.15. The topological polar surface area (TPSA) is 67.9 Å². The third-order valence-corrected chi connectivity index (χ3v) is 5.33. The van der Waals surface area contributed by atoms with Crippen LogP contribution in [0.1, 0.15) is 41.6 Å². The van der Waals surface area contributed by atoms with Gasteiger partial charge in [-0.3, -0.25) is 9.59 Å². The molecule has 0 radical (unpaired) electrons. The van der Waals surface area contributed by atoms with Crippen LogP contribution in [-0.4, -0.2) is 56.5 Å². The minimum Gasteiger partial charge on any atom is -0.461 e. The molecule has 2 aliphatic rings. The van der Waals surface area contributed by atoms with Crippen molar-refractivity contribution in [3.63, 3.8) is 0 Å². The van der Waals surface area contributed by atoms with Crippen molar-refractivity contribution in [2.24, 2.45) is 0 Å². The molecule has 1 aliphatic heterocycles. The van der Waals surface area contributed by atoms with Crippen molar-refractivity contribution in [2.75, 3.05) is 31.2 Å². The molecule has 2 fully saturated rings. The highest BCUT2D eigenvalue weighted by molar-refractivity contribution is 5.97. The summed E-state index contributed by atoms with van der Waals surface area (Å²) >= 11 is 0. The largest absolute Gasteiger partial charge is 0.461 e. The van der Waals surface area contributed by atoms with Crippen LogP contribution in [0.25, 0.3) is 0 Å². The minimum absolute atomic E-state index is 0.0211. The number of hydrogen-bond donors (Lipinski definition) is 1. The number of anilines is 1. The number of aryl methyl sites for hydroxylation is 1. The van der Waals surface area contributed by atoms with Crippen LogP contribution in [0.2, 0.25) is 0 Å². The van der Waals surface area contributed by atoms with Crippen LogP contribution in [0.3, 0.4) is 0 Å². The lowest BCUT2D eigenvalue weighted by Gasteiger charge is -2.38. The summed E-state index contributed by atoms with van der Waals surface area (Å²) in [5.74, 6) is -2.39. The van der Waals surface area contributed by atoms with E-state index in [-0.39, 0.29) is 36.1 Å². The molecule has 166 valence electrons. The zero-order valence-electron chi connectivity index (χ0n) is 16.6. The first-order chi connectivity index (χ1) is 14.2. The van der Waals surface area contributed by atoms with Gasteiger partial charge in [0.15, 0.2) is 0 Å². The molecule has 1 N–H and O–H groups in total. The third-order valence-electron chi connectivity index (χ3n) is 5.33. The molecule has 0 unspecified atom stereocenters. The smallest absolute Gasteiger partial charge is 0.411 e. The molecule has 1 aromatic carbocycles. The number of alkyl halides is 3. The van der Waals surface area contributed by atoms with Crippen molar-refractivity contribution >= 4 is 17.6 Å². The first kappa shape index (κ1) is 22.3. The van der Waals surface area contributed by atoms with E-state index < -0.39 is 43.1 Å². The number of carbonyl (C=O) groups is 2. The molecule has 30 heavy (non-hydrogen) atoms. The van der Waals surface area contributed by atoms with Crippen LogP contribution in [0.5, 0.6) is 0 Å². The Morgan fingerprint density at radius 3 is 2.60 bits per heavy atom. The van der Waals surface area contributed by atoms with Gasteiger partial charge in [0.2, 0.25) is 0 Å². The van der Waals surface area contributed by atoms with Crippen molar-refractivity contribution in [1.29, 1.82) is 0 Å². The highest BCUT2D eigenvalue weighted by Crippen LogP contribution is 2.32. The van der Waals surface area contributed by atoms with Gasteiger partial charge >= 0.3 is 12.1 Å². The van der Waals surface area contributed by atoms with Crippen LogP contribution in [-0.2, 0) is 14.3 Å². The first-order valence-corrected chi connectivity index (χ1v) is 9.85. The van der Waals surface area contributed by atoms with E-state index in [1.54, 1.807) is 0 Å². The molecule has 1 saturated carbocycles. The number of nitrogens with one attached hydrogen (secondary N) is 1. The second-order valence-electron chi connectivity index (χ2n) is 7.52. The fourth-order valence-electron chi connectivity index (χ4n) is 3.84. The van der Waals surface area contributed by atoms with Gasteiger partial charge in [0.1, 0.15) is 24.5 Å². The highest BCUT2D eigenvalue weighted by atomic mass is 19.4. The summed E-state index contributed by atoms with van der Waals surface area (Å²) in [6.45, 7) is 0.507. The molecule has 0 aromatic heterocycles. The summed E-state index contributed by atoms with van der Waals surface area (Å²) in [4.78, 5) is 25.2. The lowest BCUT2D eigenvalue weighted by Crippen LogP contribution is -2.53. The summed E-state index contributed by atoms with van der Waals surface area (Å²) in [5.41, 5.74) is -0.129. The fraction of sp³-hybridized carbons (Fsp3) is 0.600. The van der Waals surface area contributed by atoms with E-state index in [1.165, 1.54) is 13.0 Å². The van der Waals surface area contributed by atoms with E-state index in [0.717, 1.165) is 36.6 Å². The normalized spacial score (nSPS) is 20.3. The molecule has 1 amide bonds. The maximum atomic E-state index is 14.7. The van der Waals surface area contributed by atoms with Gasteiger partial charge < -0.3 is 19.7 Å². The summed E-state index contributed by atoms with van der Waals surface area (Å²) in [7, 11) is 0. The van der Waals surface area contributed by atoms with Gasteiger partial charge in [0.05, 0.1) is 18.8 Å². The van der Waals surface area contributed by atoms with Crippen molar-refractivity contribution < 1.29 is 36.6 Å². The van der Waals surface area contributed by atoms with Gasteiger partial charge in [-0.2, -0.15) is 13.2 Å². The van der Waals surface area contributed by atoms with E-state index in [1.807, 2.05) is 0 Å². The number of carbonyl (C=O) groups excluding carboxylic acids is 2. The number of ether oxygens (including phenoxy) is 2. The van der Waals surface area contributed by atoms with Gasteiger partial charge in [-0.05, 0) is 50.3 Å². The van der Waals surface area contributed by atoms with E-state index in [0.29, 0.717) is 0 Å². The van der Waals surface area contributed by atoms with Gasteiger partial charge in [-0.1, -0.05) is 0 Å². The third kappa shape index (κ3) is 5.21. The lowest BCUT2D eigenvalue weighted by molar-refractivity contribution is -0.167. The van der Waals surface area contributed by atoms with E-state index in [9.17, 15) is 27.2 Å². The maximum absolute atomic E-state index is 14.7. The zero-order chi connectivity index (χ0) is 21.9. The number of esters is 1. The van der Waals surface area contributed by atoms with Gasteiger partial charge in [0, 0.05) is 12.2 Å². The van der Waals surface area contributed by atoms with Crippen LogP contribution >= 0.6 is 0 Å². The number of amides is 1. The SMILES string of the molecule is Cc1cc(N2CCOC[C@@H]2C(F)(F)F)cc(F)c1C(=O)NCC(=O)OC1CCCC1. The molecule has 1 aromatic rings. The van der Waals surface area contributed by atoms with Crippen LogP contribution < -0.4 is 10.2 Å². The quantitative estimate of drug-likeness (QED) is 0.572. The average molecular weight is 432 g/mol. The minimum atomic E-state index is -4.54. The van der Waals surface area contributed by atoms with Gasteiger partial charge in [-0.25, -0.2) is 4.39 Å². The number of morpholine rings is 1. The van der Waals surface area contributed by atoms with Crippen molar-refractivity contribution in [1.82, 2.24) is 5.32 Å². The van der Waals surface area contributed by atoms with Crippen LogP contribution in [0.4, 0.5) is 23.2 Å². The molecule has 0 spiro atoms. The molecular weight excluding hydrogens is 408 g/mol. The van der Waals surface area contributed by atoms with E-state index >= 15 is 0 Å². The average Bonchev–Trinajstić information content (AvgIpc) is 3.18. The maximum Gasteiger partial charge on any atom is 0.411 e. The zero-order valence-corrected chi connectivity index (χ0v) is 16.6. The Labute approximate surface area is 171 Å². The molecule has 1 aliphatic carbocycles. The molecule has 10 heteroatoms. The first-order valence-electron chi connectivity index (χ1n) is 9.85. The van der Waals surface area contributed by atoms with Crippen LogP contribution in [0, 0.1) is 12.7 Å². The fourth-order valence-corrected chi connectivity index (χ4v) is 3.84. The molecule has 3 rings (SSSR count). The van der Waals surface area contributed by atoms with Crippen molar-refractivity contribution in [3.05, 3.63) is 29.1 Å². The van der Waals surface area contributed by atoms with Gasteiger partial charge in [-0.15, -0.1) is 0 Å². The highest BCUT2D eigenvalue weighted by Gasteiger charge is 2.45. The number of rotatable bonds is 5.